The van der Waals surface area contributed by atoms with Gasteiger partial charge in [0, 0.05) is 11.1 Å². The quantitative estimate of drug-likeness (QED) is 0.479. The van der Waals surface area contributed by atoms with Crippen molar-refractivity contribution in [2.75, 3.05) is 19.8 Å². The minimum Gasteiger partial charge on any atom is -0.490 e. The zero-order valence-corrected chi connectivity index (χ0v) is 15.6. The Morgan fingerprint density at radius 1 is 1.00 bits per heavy atom. The van der Waals surface area contributed by atoms with E-state index in [9.17, 15) is 4.79 Å². The first-order valence-corrected chi connectivity index (χ1v) is 8.63. The second kappa shape index (κ2) is 9.94. The Hall–Kier alpha value is -2.37. The molecule has 0 aromatic heterocycles. The van der Waals surface area contributed by atoms with Crippen molar-refractivity contribution in [1.82, 2.24) is 0 Å². The largest absolute Gasteiger partial charge is 0.490 e. The Bertz CT molecular complexity index is 789. The van der Waals surface area contributed by atoms with Crippen molar-refractivity contribution in [3.63, 3.8) is 0 Å². The Morgan fingerprint density at radius 2 is 1.69 bits per heavy atom. The third-order valence-electron chi connectivity index (χ3n) is 3.18. The van der Waals surface area contributed by atoms with Crippen LogP contribution in [0.5, 0.6) is 17.2 Å². The SMILES string of the molecule is CCOc1cc(C=CC(=O)O)ccc1OCCOc1ccc(Cl)cc1Cl. The van der Waals surface area contributed by atoms with Gasteiger partial charge in [-0.15, -0.1) is 0 Å². The van der Waals surface area contributed by atoms with Crippen molar-refractivity contribution in [2.45, 2.75) is 6.92 Å². The van der Waals surface area contributed by atoms with Crippen molar-refractivity contribution >= 4 is 35.2 Å². The zero-order valence-electron chi connectivity index (χ0n) is 14.1. The van der Waals surface area contributed by atoms with E-state index in [1.807, 2.05) is 6.92 Å². The van der Waals surface area contributed by atoms with Gasteiger partial charge in [0.15, 0.2) is 11.5 Å². The van der Waals surface area contributed by atoms with Crippen molar-refractivity contribution in [2.24, 2.45) is 0 Å². The Kier molecular flexibility index (Phi) is 7.63. The summed E-state index contributed by atoms with van der Waals surface area (Å²) < 4.78 is 16.8. The molecule has 0 aliphatic carbocycles. The van der Waals surface area contributed by atoms with Gasteiger partial charge in [0.05, 0.1) is 11.6 Å². The Balaban J connectivity index is 1.96. The number of halogens is 2. The molecule has 0 aliphatic rings. The molecule has 0 fully saturated rings. The van der Waals surface area contributed by atoms with Crippen LogP contribution in [0.1, 0.15) is 12.5 Å². The van der Waals surface area contributed by atoms with E-state index in [1.54, 1.807) is 36.4 Å². The summed E-state index contributed by atoms with van der Waals surface area (Å²) >= 11 is 11.9. The maximum Gasteiger partial charge on any atom is 0.328 e. The van der Waals surface area contributed by atoms with Gasteiger partial charge in [0.25, 0.3) is 0 Å². The molecule has 0 saturated heterocycles. The molecule has 0 amide bonds. The molecular weight excluding hydrogens is 379 g/mol. The summed E-state index contributed by atoms with van der Waals surface area (Å²) in [7, 11) is 0. The number of carboxylic acids is 1. The number of ether oxygens (including phenoxy) is 3. The average molecular weight is 397 g/mol. The van der Waals surface area contributed by atoms with Crippen LogP contribution in [-0.2, 0) is 4.79 Å². The molecule has 0 aliphatic heterocycles. The van der Waals surface area contributed by atoms with Crippen LogP contribution in [0.3, 0.4) is 0 Å². The molecule has 1 N–H and O–H groups in total. The van der Waals surface area contributed by atoms with Gasteiger partial charge >= 0.3 is 5.97 Å². The van der Waals surface area contributed by atoms with E-state index in [0.29, 0.717) is 39.5 Å². The second-order valence-corrected chi connectivity index (χ2v) is 5.93. The predicted octanol–water partition coefficient (Wildman–Crippen LogP) is 4.95. The number of hydrogen-bond donors (Lipinski definition) is 1. The van der Waals surface area contributed by atoms with Gasteiger partial charge in [-0.05, 0) is 48.9 Å². The lowest BCUT2D eigenvalue weighted by Crippen LogP contribution is -2.10. The summed E-state index contributed by atoms with van der Waals surface area (Å²) in [5.41, 5.74) is 0.701. The number of hydrogen-bond acceptors (Lipinski definition) is 4. The lowest BCUT2D eigenvalue weighted by atomic mass is 10.2. The van der Waals surface area contributed by atoms with Crippen LogP contribution in [0.4, 0.5) is 0 Å². The van der Waals surface area contributed by atoms with E-state index < -0.39 is 5.97 Å². The fourth-order valence-corrected chi connectivity index (χ4v) is 2.54. The molecule has 2 rings (SSSR count). The van der Waals surface area contributed by atoms with E-state index in [0.717, 1.165) is 6.08 Å². The van der Waals surface area contributed by atoms with Crippen molar-refractivity contribution in [3.05, 3.63) is 58.1 Å². The molecule has 5 nitrogen and oxygen atoms in total. The highest BCUT2D eigenvalue weighted by molar-refractivity contribution is 6.35. The van der Waals surface area contributed by atoms with Gasteiger partial charge in [-0.1, -0.05) is 29.3 Å². The first-order valence-electron chi connectivity index (χ1n) is 7.88. The molecule has 7 heteroatoms. The molecule has 138 valence electrons. The van der Waals surface area contributed by atoms with Crippen molar-refractivity contribution in [1.29, 1.82) is 0 Å². The fourth-order valence-electron chi connectivity index (χ4n) is 2.08. The highest BCUT2D eigenvalue weighted by Crippen LogP contribution is 2.30. The summed E-state index contributed by atoms with van der Waals surface area (Å²) in [6, 6.07) is 10.2. The number of aliphatic carboxylic acids is 1. The zero-order chi connectivity index (χ0) is 18.9. The summed E-state index contributed by atoms with van der Waals surface area (Å²) in [4.78, 5) is 10.6. The predicted molar refractivity (Wildman–Crippen MR) is 102 cm³/mol. The minimum absolute atomic E-state index is 0.281. The monoisotopic (exact) mass is 396 g/mol. The van der Waals surface area contributed by atoms with Gasteiger partial charge in [0.2, 0.25) is 0 Å². The third kappa shape index (κ3) is 6.17. The highest BCUT2D eigenvalue weighted by Gasteiger charge is 2.07. The topological polar surface area (TPSA) is 65.0 Å². The summed E-state index contributed by atoms with van der Waals surface area (Å²) in [6.45, 7) is 2.88. The van der Waals surface area contributed by atoms with E-state index in [-0.39, 0.29) is 13.2 Å². The third-order valence-corrected chi connectivity index (χ3v) is 3.71. The molecule has 0 heterocycles. The molecule has 0 radical (unpaired) electrons. The standard InChI is InChI=1S/C19H18Cl2O5/c1-2-24-18-11-13(4-8-19(22)23)3-6-17(18)26-10-9-25-16-7-5-14(20)12-15(16)21/h3-8,11-12H,2,9-10H2,1H3,(H,22,23). The number of benzene rings is 2. The van der Waals surface area contributed by atoms with Crippen LogP contribution in [0, 0.1) is 0 Å². The van der Waals surface area contributed by atoms with Gasteiger partial charge in [-0.3, -0.25) is 0 Å². The first-order chi connectivity index (χ1) is 12.5. The van der Waals surface area contributed by atoms with Crippen LogP contribution in [0.2, 0.25) is 10.0 Å². The van der Waals surface area contributed by atoms with Crippen LogP contribution >= 0.6 is 23.2 Å². The molecule has 0 saturated carbocycles. The molecular formula is C19H18Cl2O5. The second-order valence-electron chi connectivity index (χ2n) is 5.08. The average Bonchev–Trinajstić information content (AvgIpc) is 2.60. The van der Waals surface area contributed by atoms with Crippen LogP contribution in [0.15, 0.2) is 42.5 Å². The smallest absolute Gasteiger partial charge is 0.328 e. The molecule has 0 atom stereocenters. The molecule has 2 aromatic carbocycles. The van der Waals surface area contributed by atoms with Gasteiger partial charge in [-0.25, -0.2) is 4.79 Å². The lowest BCUT2D eigenvalue weighted by Gasteiger charge is -2.13. The van der Waals surface area contributed by atoms with Crippen LogP contribution in [-0.4, -0.2) is 30.9 Å². The molecule has 0 bridgehead atoms. The minimum atomic E-state index is -1.01. The van der Waals surface area contributed by atoms with Crippen LogP contribution < -0.4 is 14.2 Å². The molecule has 0 unspecified atom stereocenters. The van der Waals surface area contributed by atoms with E-state index in [2.05, 4.69) is 0 Å². The maximum atomic E-state index is 10.6. The van der Waals surface area contributed by atoms with Gasteiger partial charge in [-0.2, -0.15) is 0 Å². The van der Waals surface area contributed by atoms with E-state index in [4.69, 9.17) is 42.5 Å². The number of carboxylic acid groups (broad SMARTS) is 1. The lowest BCUT2D eigenvalue weighted by molar-refractivity contribution is -0.131. The summed E-state index contributed by atoms with van der Waals surface area (Å²) in [5.74, 6) is 0.592. The molecule has 0 spiro atoms. The Labute approximate surface area is 161 Å². The maximum absolute atomic E-state index is 10.6. The Morgan fingerprint density at radius 3 is 2.35 bits per heavy atom. The van der Waals surface area contributed by atoms with Gasteiger partial charge < -0.3 is 19.3 Å². The van der Waals surface area contributed by atoms with Crippen LogP contribution in [0.25, 0.3) is 6.08 Å². The summed E-state index contributed by atoms with van der Waals surface area (Å²) in [6.07, 6.45) is 2.55. The van der Waals surface area contributed by atoms with Crippen molar-refractivity contribution in [3.8, 4) is 17.2 Å². The fraction of sp³-hybridized carbons (Fsp3) is 0.211. The van der Waals surface area contributed by atoms with E-state index in [1.165, 1.54) is 6.08 Å². The molecule has 2 aromatic rings. The first kappa shape index (κ1) is 19.9. The highest BCUT2D eigenvalue weighted by atomic mass is 35.5. The van der Waals surface area contributed by atoms with Crippen molar-refractivity contribution < 1.29 is 24.1 Å². The van der Waals surface area contributed by atoms with Gasteiger partial charge in [0.1, 0.15) is 19.0 Å². The molecule has 26 heavy (non-hydrogen) atoms. The number of rotatable bonds is 9. The van der Waals surface area contributed by atoms with E-state index >= 15 is 0 Å². The summed E-state index contributed by atoms with van der Waals surface area (Å²) in [5, 5.41) is 9.67. The number of carbonyl (C=O) groups is 1. The normalized spacial score (nSPS) is 10.7.